The van der Waals surface area contributed by atoms with Gasteiger partial charge in [-0.3, -0.25) is 14.4 Å². The molecule has 0 bridgehead atoms. The van der Waals surface area contributed by atoms with Crippen LogP contribution in [0.4, 0.5) is 5.69 Å². The average Bonchev–Trinajstić information content (AvgIpc) is 2.83. The van der Waals surface area contributed by atoms with Crippen LogP contribution in [0, 0.1) is 5.92 Å². The number of carbonyl (C=O) groups excluding carboxylic acids is 1. The molecule has 0 aliphatic carbocycles. The summed E-state index contributed by atoms with van der Waals surface area (Å²) >= 11 is 0. The lowest BCUT2D eigenvalue weighted by molar-refractivity contribution is -0.137. The second kappa shape index (κ2) is 17.7. The molecule has 2 N–H and O–H groups in total. The maximum Gasteiger partial charge on any atom is 0.323 e. The van der Waals surface area contributed by atoms with Crippen LogP contribution in [0.2, 0.25) is 0 Å². The smallest absolute Gasteiger partial charge is 0.323 e. The van der Waals surface area contributed by atoms with Crippen molar-refractivity contribution >= 4 is 30.0 Å². The van der Waals surface area contributed by atoms with Crippen molar-refractivity contribution in [2.45, 2.75) is 19.4 Å². The van der Waals surface area contributed by atoms with E-state index in [1.165, 1.54) is 18.3 Å². The Morgan fingerprint density at radius 2 is 1.86 bits per heavy atom. The Kier molecular flexibility index (Phi) is 15.4. The predicted octanol–water partition coefficient (Wildman–Crippen LogP) is 1.05. The molecule has 0 radical (unpaired) electrons. The van der Waals surface area contributed by atoms with Gasteiger partial charge in [-0.05, 0) is 31.0 Å². The van der Waals surface area contributed by atoms with Crippen molar-refractivity contribution in [1.82, 2.24) is 9.88 Å². The normalized spacial score (nSPS) is 15.0. The van der Waals surface area contributed by atoms with Gasteiger partial charge in [-0.1, -0.05) is 5.11 Å². The number of pyridine rings is 1. The molecule has 1 unspecified atom stereocenters. The first-order chi connectivity index (χ1) is 16.5. The quantitative estimate of drug-likeness (QED) is 0.142. The van der Waals surface area contributed by atoms with Gasteiger partial charge in [0, 0.05) is 36.8 Å². The topological polar surface area (TPSA) is 168 Å². The van der Waals surface area contributed by atoms with E-state index < -0.39 is 18.1 Å². The molecular formula is C21H33ClN6O7. The predicted molar refractivity (Wildman–Crippen MR) is 130 cm³/mol. The third-order valence-corrected chi connectivity index (χ3v) is 5.10. The van der Waals surface area contributed by atoms with E-state index >= 15 is 0 Å². The van der Waals surface area contributed by atoms with E-state index in [9.17, 15) is 14.4 Å². The third-order valence-electron chi connectivity index (χ3n) is 5.10. The van der Waals surface area contributed by atoms with Crippen molar-refractivity contribution in [2.24, 2.45) is 11.0 Å². The summed E-state index contributed by atoms with van der Waals surface area (Å²) in [5.74, 6) is -1.43. The average molecular weight is 517 g/mol. The second-order valence-corrected chi connectivity index (χ2v) is 7.57. The lowest BCUT2D eigenvalue weighted by Crippen LogP contribution is -2.44. The number of piperidine rings is 1. The molecule has 14 heteroatoms. The molecule has 1 amide bonds. The number of aromatic nitrogens is 1. The van der Waals surface area contributed by atoms with Crippen molar-refractivity contribution in [3.05, 3.63) is 39.1 Å². The number of carbonyl (C=O) groups is 2. The van der Waals surface area contributed by atoms with Crippen LogP contribution in [0.15, 0.2) is 28.2 Å². The summed E-state index contributed by atoms with van der Waals surface area (Å²) in [6.07, 6.45) is 3.05. The number of nitrogens with one attached hydrogen (secondary N) is 1. The van der Waals surface area contributed by atoms with Gasteiger partial charge in [0.05, 0.1) is 51.2 Å². The molecule has 1 atom stereocenters. The zero-order valence-corrected chi connectivity index (χ0v) is 20.4. The Bertz CT molecular complexity index is 887. The summed E-state index contributed by atoms with van der Waals surface area (Å²) in [6, 6.07) is 2.79. The zero-order chi connectivity index (χ0) is 24.6. The largest absolute Gasteiger partial charge is 0.480 e. The minimum Gasteiger partial charge on any atom is -0.480 e. The molecule has 1 aromatic heterocycles. The molecule has 1 aliphatic rings. The zero-order valence-electron chi connectivity index (χ0n) is 19.5. The fraction of sp³-hybridized carbons (Fsp3) is 0.667. The van der Waals surface area contributed by atoms with Crippen LogP contribution in [-0.2, 0) is 30.3 Å². The van der Waals surface area contributed by atoms with E-state index in [0.717, 1.165) is 24.0 Å². The number of hydrogen-bond acceptors (Lipinski definition) is 8. The van der Waals surface area contributed by atoms with Gasteiger partial charge in [0.25, 0.3) is 5.56 Å². The molecule has 0 aromatic carbocycles. The molecule has 2 rings (SSSR count). The fourth-order valence-corrected chi connectivity index (χ4v) is 3.45. The number of aliphatic carboxylic acids is 1. The minimum atomic E-state index is -1.14. The summed E-state index contributed by atoms with van der Waals surface area (Å²) in [5.41, 5.74) is 8.17. The first-order valence-corrected chi connectivity index (χ1v) is 11.2. The summed E-state index contributed by atoms with van der Waals surface area (Å²) in [7, 11) is 0. The van der Waals surface area contributed by atoms with Crippen LogP contribution in [0.3, 0.4) is 0 Å². The van der Waals surface area contributed by atoms with E-state index in [-0.39, 0.29) is 43.9 Å². The Balaban J connectivity index is 0.00000612. The number of halogens is 1. The molecule has 35 heavy (non-hydrogen) atoms. The third kappa shape index (κ3) is 11.5. The van der Waals surface area contributed by atoms with E-state index in [0.29, 0.717) is 45.3 Å². The van der Waals surface area contributed by atoms with E-state index in [1.807, 2.05) is 0 Å². The van der Waals surface area contributed by atoms with E-state index in [1.54, 1.807) is 4.90 Å². The first-order valence-electron chi connectivity index (χ1n) is 11.2. The second-order valence-electron chi connectivity index (χ2n) is 7.57. The fourth-order valence-electron chi connectivity index (χ4n) is 3.45. The van der Waals surface area contributed by atoms with Crippen LogP contribution >= 0.6 is 12.4 Å². The van der Waals surface area contributed by atoms with Crippen LogP contribution in [0.1, 0.15) is 12.8 Å². The SMILES string of the molecule is Cl.[N-]=[N+]=NCCOCCOCCOCCN(C(=O)C1CCCNC1)c1ccc(=O)n(CC(=O)O)c1. The number of carboxylic acids is 1. The first kappa shape index (κ1) is 30.4. The summed E-state index contributed by atoms with van der Waals surface area (Å²) in [4.78, 5) is 40.5. The highest BCUT2D eigenvalue weighted by Gasteiger charge is 2.27. The Hall–Kier alpha value is -2.67. The highest BCUT2D eigenvalue weighted by Crippen LogP contribution is 2.19. The number of carboxylic acid groups (broad SMARTS) is 1. The Morgan fingerprint density at radius 3 is 2.49 bits per heavy atom. The van der Waals surface area contributed by atoms with Gasteiger partial charge in [-0.15, -0.1) is 12.4 Å². The van der Waals surface area contributed by atoms with Crippen LogP contribution < -0.4 is 15.8 Å². The summed E-state index contributed by atoms with van der Waals surface area (Å²) < 4.78 is 17.3. The highest BCUT2D eigenvalue weighted by molar-refractivity contribution is 5.95. The molecule has 13 nitrogen and oxygen atoms in total. The Labute approximate surface area is 209 Å². The maximum absolute atomic E-state index is 13.2. The lowest BCUT2D eigenvalue weighted by Gasteiger charge is -2.30. The monoisotopic (exact) mass is 516 g/mol. The summed E-state index contributed by atoms with van der Waals surface area (Å²) in [6.45, 7) is 3.51. The van der Waals surface area contributed by atoms with Gasteiger partial charge in [-0.2, -0.15) is 0 Å². The van der Waals surface area contributed by atoms with Crippen LogP contribution in [0.25, 0.3) is 10.4 Å². The number of ether oxygens (including phenoxy) is 3. The number of nitrogens with zero attached hydrogens (tertiary/aromatic N) is 5. The number of hydrogen-bond donors (Lipinski definition) is 2. The number of rotatable bonds is 16. The molecule has 1 aliphatic heterocycles. The molecule has 1 fully saturated rings. The van der Waals surface area contributed by atoms with Gasteiger partial charge < -0.3 is 34.1 Å². The lowest BCUT2D eigenvalue weighted by atomic mass is 9.98. The standard InChI is InChI=1S/C21H32N6O7.ClH/c22-25-24-6-8-32-10-12-34-13-11-33-9-7-27(21(31)17-2-1-5-23-14-17)18-3-4-19(28)26(15-18)16-20(29)30;/h3-4,15,17,23H,1-2,5-14,16H2,(H,29,30);1H. The Morgan fingerprint density at radius 1 is 1.17 bits per heavy atom. The van der Waals surface area contributed by atoms with Crippen molar-refractivity contribution in [1.29, 1.82) is 0 Å². The van der Waals surface area contributed by atoms with Gasteiger partial charge >= 0.3 is 5.97 Å². The van der Waals surface area contributed by atoms with E-state index in [2.05, 4.69) is 15.3 Å². The minimum absolute atomic E-state index is 0. The van der Waals surface area contributed by atoms with Crippen LogP contribution in [-0.4, -0.2) is 87.4 Å². The van der Waals surface area contributed by atoms with Crippen molar-refractivity contribution in [3.8, 4) is 0 Å². The molecule has 1 saturated heterocycles. The number of amides is 1. The van der Waals surface area contributed by atoms with E-state index in [4.69, 9.17) is 24.8 Å². The number of azide groups is 1. The van der Waals surface area contributed by atoms with Crippen LogP contribution in [0.5, 0.6) is 0 Å². The van der Waals surface area contributed by atoms with Gasteiger partial charge in [0.1, 0.15) is 6.54 Å². The molecule has 0 saturated carbocycles. The highest BCUT2D eigenvalue weighted by atomic mass is 35.5. The van der Waals surface area contributed by atoms with Gasteiger partial charge in [0.2, 0.25) is 5.91 Å². The molecular weight excluding hydrogens is 484 g/mol. The van der Waals surface area contributed by atoms with Crippen molar-refractivity contribution in [3.63, 3.8) is 0 Å². The van der Waals surface area contributed by atoms with Crippen molar-refractivity contribution in [2.75, 3.05) is 70.7 Å². The molecule has 1 aromatic rings. The number of anilines is 1. The van der Waals surface area contributed by atoms with Gasteiger partial charge in [0.15, 0.2) is 0 Å². The molecule has 196 valence electrons. The molecule has 0 spiro atoms. The summed E-state index contributed by atoms with van der Waals surface area (Å²) in [5, 5.41) is 15.6. The maximum atomic E-state index is 13.2. The molecule has 2 heterocycles. The van der Waals surface area contributed by atoms with Crippen molar-refractivity contribution < 1.29 is 28.9 Å². The van der Waals surface area contributed by atoms with Gasteiger partial charge in [-0.25, -0.2) is 0 Å².